The molecule has 0 rings (SSSR count). The summed E-state index contributed by atoms with van der Waals surface area (Å²) in [6, 6.07) is -10.1. The van der Waals surface area contributed by atoms with E-state index in [4.69, 9.17) is 17.2 Å². The standard InChI is InChI=1S/C35H61N9O12S/c1-8-18(6)28(34(54)43-24(15-27(47)48)32(52)39-20(35(55)56)9-10-57-7)44-33(53)22(12-17(4)5)41-31(51)23(14-26(38)46)42-30(50)21(11-16(2)3)40-29(49)19(36)13-25(37)45/h16-24,28H,8-15,36H2,1-7H3,(H2,37,45)(H2,38,46)(H,39,52)(H,40,49)(H,41,51)(H,42,50)(H,43,54)(H,44,53)(H,47,48)(H,55,56)/t18-,19-,20-,21-,22-,23-,24-,28-/m0/s1. The molecule has 57 heavy (non-hydrogen) atoms. The molecule has 0 aliphatic heterocycles. The van der Waals surface area contributed by atoms with Crippen LogP contribution in [-0.4, -0.2) is 124 Å². The molecule has 324 valence electrons. The molecule has 0 aromatic rings. The van der Waals surface area contributed by atoms with Crippen LogP contribution < -0.4 is 49.1 Å². The Bertz CT molecular complexity index is 1450. The van der Waals surface area contributed by atoms with Crippen LogP contribution in [0.4, 0.5) is 0 Å². The van der Waals surface area contributed by atoms with E-state index in [0.29, 0.717) is 12.2 Å². The van der Waals surface area contributed by atoms with Crippen molar-refractivity contribution in [1.82, 2.24) is 31.9 Å². The molecule has 22 heteroatoms. The molecule has 0 aromatic heterocycles. The lowest BCUT2D eigenvalue weighted by atomic mass is 9.96. The van der Waals surface area contributed by atoms with Gasteiger partial charge < -0.3 is 59.3 Å². The summed E-state index contributed by atoms with van der Waals surface area (Å²) in [7, 11) is 0. The van der Waals surface area contributed by atoms with E-state index in [-0.39, 0.29) is 31.1 Å². The van der Waals surface area contributed by atoms with Gasteiger partial charge in [-0.2, -0.15) is 11.8 Å². The molecule has 8 amide bonds. The van der Waals surface area contributed by atoms with Gasteiger partial charge in [0, 0.05) is 0 Å². The van der Waals surface area contributed by atoms with Crippen LogP contribution in [0.1, 0.15) is 86.5 Å². The highest BCUT2D eigenvalue weighted by molar-refractivity contribution is 7.98. The fourth-order valence-electron chi connectivity index (χ4n) is 5.32. The number of aliphatic carboxylic acids is 2. The van der Waals surface area contributed by atoms with E-state index in [1.807, 2.05) is 0 Å². The van der Waals surface area contributed by atoms with Crippen molar-refractivity contribution in [3.05, 3.63) is 0 Å². The summed E-state index contributed by atoms with van der Waals surface area (Å²) >= 11 is 1.33. The number of carboxylic acid groups (broad SMARTS) is 2. The van der Waals surface area contributed by atoms with Gasteiger partial charge in [0.15, 0.2) is 0 Å². The third-order valence-corrected chi connectivity index (χ3v) is 9.15. The first-order chi connectivity index (χ1) is 26.4. The Morgan fingerprint density at radius 3 is 1.39 bits per heavy atom. The minimum atomic E-state index is -1.72. The van der Waals surface area contributed by atoms with Crippen molar-refractivity contribution in [2.45, 2.75) is 129 Å². The molecule has 0 aliphatic rings. The van der Waals surface area contributed by atoms with Gasteiger partial charge in [0.1, 0.15) is 36.3 Å². The summed E-state index contributed by atoms with van der Waals surface area (Å²) in [4.78, 5) is 127. The Morgan fingerprint density at radius 2 is 0.965 bits per heavy atom. The Labute approximate surface area is 336 Å². The van der Waals surface area contributed by atoms with Gasteiger partial charge in [-0.05, 0) is 49.0 Å². The Hall–Kier alpha value is -4.99. The molecule has 0 heterocycles. The number of carboxylic acids is 2. The van der Waals surface area contributed by atoms with Gasteiger partial charge in [0.05, 0.1) is 25.3 Å². The molecule has 0 saturated heterocycles. The number of nitrogens with one attached hydrogen (secondary N) is 6. The molecule has 21 nitrogen and oxygen atoms in total. The third-order valence-electron chi connectivity index (χ3n) is 8.51. The first kappa shape index (κ1) is 52.0. The molecular formula is C35H61N9O12S. The van der Waals surface area contributed by atoms with E-state index in [9.17, 15) is 58.2 Å². The maximum absolute atomic E-state index is 13.8. The molecule has 8 atom stereocenters. The molecule has 0 unspecified atom stereocenters. The van der Waals surface area contributed by atoms with Crippen molar-refractivity contribution in [3.63, 3.8) is 0 Å². The molecule has 0 radical (unpaired) electrons. The van der Waals surface area contributed by atoms with Crippen molar-refractivity contribution >= 4 is 71.0 Å². The zero-order valence-electron chi connectivity index (χ0n) is 33.5. The number of thioether (sulfide) groups is 1. The summed E-state index contributed by atoms with van der Waals surface area (Å²) < 4.78 is 0. The second kappa shape index (κ2) is 26.0. The van der Waals surface area contributed by atoms with Crippen LogP contribution in [0.2, 0.25) is 0 Å². The molecule has 0 fully saturated rings. The minimum absolute atomic E-state index is 0.00981. The average molecular weight is 832 g/mol. The van der Waals surface area contributed by atoms with Crippen molar-refractivity contribution in [2.75, 3.05) is 12.0 Å². The predicted octanol–water partition coefficient (Wildman–Crippen LogP) is -2.58. The van der Waals surface area contributed by atoms with Gasteiger partial charge >= 0.3 is 11.9 Å². The van der Waals surface area contributed by atoms with E-state index in [2.05, 4.69) is 31.9 Å². The number of nitrogens with two attached hydrogens (primary N) is 3. The summed E-state index contributed by atoms with van der Waals surface area (Å²) in [5.74, 6) is -11.0. The first-order valence-corrected chi connectivity index (χ1v) is 19.9. The minimum Gasteiger partial charge on any atom is -0.481 e. The van der Waals surface area contributed by atoms with Gasteiger partial charge in [-0.1, -0.05) is 48.0 Å². The third kappa shape index (κ3) is 20.7. The molecule has 14 N–H and O–H groups in total. The monoisotopic (exact) mass is 831 g/mol. The molecule has 0 bridgehead atoms. The maximum Gasteiger partial charge on any atom is 0.326 e. The van der Waals surface area contributed by atoms with Gasteiger partial charge in [-0.25, -0.2) is 4.79 Å². The van der Waals surface area contributed by atoms with Crippen molar-refractivity contribution in [2.24, 2.45) is 35.0 Å². The molecular weight excluding hydrogens is 771 g/mol. The Balaban J connectivity index is 6.39. The van der Waals surface area contributed by atoms with Crippen LogP contribution in [0.5, 0.6) is 0 Å². The second-order valence-corrected chi connectivity index (χ2v) is 15.6. The molecule has 0 saturated carbocycles. The van der Waals surface area contributed by atoms with E-state index in [1.54, 1.807) is 47.8 Å². The topological polar surface area (TPSA) is 361 Å². The average Bonchev–Trinajstić information content (AvgIpc) is 3.09. The van der Waals surface area contributed by atoms with Crippen molar-refractivity contribution < 1.29 is 58.2 Å². The highest BCUT2D eigenvalue weighted by Gasteiger charge is 2.36. The Morgan fingerprint density at radius 1 is 0.561 bits per heavy atom. The summed E-state index contributed by atoms with van der Waals surface area (Å²) in [6.07, 6.45) is -0.0292. The quantitative estimate of drug-likeness (QED) is 0.0386. The summed E-state index contributed by atoms with van der Waals surface area (Å²) in [5.41, 5.74) is 16.2. The van der Waals surface area contributed by atoms with Gasteiger partial charge in [-0.15, -0.1) is 0 Å². The highest BCUT2D eigenvalue weighted by atomic mass is 32.2. The predicted molar refractivity (Wildman–Crippen MR) is 208 cm³/mol. The number of amides is 8. The van der Waals surface area contributed by atoms with E-state index in [0.717, 1.165) is 0 Å². The lowest BCUT2D eigenvalue weighted by Crippen LogP contribution is -2.61. The van der Waals surface area contributed by atoms with Gasteiger partial charge in [-0.3, -0.25) is 43.2 Å². The molecule has 0 aliphatic carbocycles. The number of rotatable bonds is 28. The maximum atomic E-state index is 13.8. The first-order valence-electron chi connectivity index (χ1n) is 18.5. The zero-order valence-corrected chi connectivity index (χ0v) is 34.4. The molecule has 0 aromatic carbocycles. The van der Waals surface area contributed by atoms with Crippen LogP contribution in [0.15, 0.2) is 0 Å². The molecule has 0 spiro atoms. The van der Waals surface area contributed by atoms with Crippen LogP contribution in [-0.2, 0) is 47.9 Å². The number of hydrogen-bond acceptors (Lipinski definition) is 12. The van der Waals surface area contributed by atoms with Crippen molar-refractivity contribution in [1.29, 1.82) is 0 Å². The summed E-state index contributed by atoms with van der Waals surface area (Å²) in [6.45, 7) is 10.3. The van der Waals surface area contributed by atoms with Gasteiger partial charge in [0.25, 0.3) is 0 Å². The SMILES string of the molecule is CC[C@H](C)[C@H](NC(=O)[C@H](CC(C)C)NC(=O)[C@H](CC(N)=O)NC(=O)[C@H](CC(C)C)NC(=O)[C@@H](N)CC(N)=O)C(=O)N[C@@H](CC(=O)O)C(=O)N[C@@H](CCSC)C(=O)O. The smallest absolute Gasteiger partial charge is 0.326 e. The fraction of sp³-hybridized carbons (Fsp3) is 0.714. The number of primary amides is 2. The van der Waals surface area contributed by atoms with Crippen LogP contribution in [0.3, 0.4) is 0 Å². The lowest BCUT2D eigenvalue weighted by molar-refractivity contribution is -0.144. The largest absolute Gasteiger partial charge is 0.481 e. The zero-order chi connectivity index (χ0) is 44.2. The van der Waals surface area contributed by atoms with Crippen LogP contribution in [0, 0.1) is 17.8 Å². The normalized spacial score (nSPS) is 15.3. The van der Waals surface area contributed by atoms with Crippen LogP contribution in [0.25, 0.3) is 0 Å². The highest BCUT2D eigenvalue weighted by Crippen LogP contribution is 2.13. The van der Waals surface area contributed by atoms with E-state index >= 15 is 0 Å². The van der Waals surface area contributed by atoms with Crippen molar-refractivity contribution in [3.8, 4) is 0 Å². The fourth-order valence-corrected chi connectivity index (χ4v) is 5.79. The second-order valence-electron chi connectivity index (χ2n) is 14.6. The number of carbonyl (C=O) groups excluding carboxylic acids is 8. The summed E-state index contributed by atoms with van der Waals surface area (Å²) in [5, 5.41) is 33.4. The van der Waals surface area contributed by atoms with Crippen LogP contribution >= 0.6 is 11.8 Å². The van der Waals surface area contributed by atoms with E-state index < -0.39 is 127 Å². The lowest BCUT2D eigenvalue weighted by Gasteiger charge is -2.29. The Kier molecular flexibility index (Phi) is 23.7. The van der Waals surface area contributed by atoms with Gasteiger partial charge in [0.2, 0.25) is 47.3 Å². The number of carbonyl (C=O) groups is 10. The van der Waals surface area contributed by atoms with E-state index in [1.165, 1.54) is 11.8 Å². The number of hydrogen-bond donors (Lipinski definition) is 11.